The Morgan fingerprint density at radius 1 is 1.24 bits per heavy atom. The summed E-state index contributed by atoms with van der Waals surface area (Å²) in [5.74, 6) is -2.43. The molecular formula is C19H35N5O5. The fourth-order valence-corrected chi connectivity index (χ4v) is 3.28. The average Bonchev–Trinajstić information content (AvgIpc) is 3.19. The topological polar surface area (TPSA) is 168 Å². The molecule has 4 unspecified atom stereocenters. The Morgan fingerprint density at radius 2 is 1.93 bits per heavy atom. The Kier molecular flexibility index (Phi) is 10.6. The van der Waals surface area contributed by atoms with Gasteiger partial charge in [-0.1, -0.05) is 20.3 Å². The van der Waals surface area contributed by atoms with Gasteiger partial charge in [0, 0.05) is 6.54 Å². The molecule has 0 aromatic heterocycles. The van der Waals surface area contributed by atoms with Crippen molar-refractivity contribution in [1.82, 2.24) is 15.5 Å². The first-order valence-corrected chi connectivity index (χ1v) is 10.3. The van der Waals surface area contributed by atoms with Crippen LogP contribution in [0, 0.1) is 5.92 Å². The summed E-state index contributed by atoms with van der Waals surface area (Å²) < 4.78 is 0. The maximum Gasteiger partial charge on any atom is 0.326 e. The molecule has 29 heavy (non-hydrogen) atoms. The molecule has 1 fully saturated rings. The first-order valence-electron chi connectivity index (χ1n) is 10.3. The summed E-state index contributed by atoms with van der Waals surface area (Å²) in [6.07, 6.45) is 3.39. The molecule has 0 bridgehead atoms. The number of carbonyl (C=O) groups excluding carboxylic acids is 3. The molecule has 166 valence electrons. The van der Waals surface area contributed by atoms with Crippen LogP contribution in [0.1, 0.15) is 52.4 Å². The predicted octanol–water partition coefficient (Wildman–Crippen LogP) is -0.835. The molecule has 4 atom stereocenters. The Bertz CT molecular complexity index is 585. The molecule has 0 aliphatic carbocycles. The van der Waals surface area contributed by atoms with E-state index in [1.807, 2.05) is 13.8 Å². The van der Waals surface area contributed by atoms with Crippen molar-refractivity contribution in [2.75, 3.05) is 19.6 Å². The molecule has 0 spiro atoms. The number of hydrogen-bond acceptors (Lipinski definition) is 6. The van der Waals surface area contributed by atoms with Crippen molar-refractivity contribution >= 4 is 23.7 Å². The molecule has 0 saturated carbocycles. The molecule has 1 aliphatic heterocycles. The van der Waals surface area contributed by atoms with E-state index in [-0.39, 0.29) is 12.5 Å². The molecule has 1 rings (SSSR count). The maximum atomic E-state index is 12.9. The van der Waals surface area contributed by atoms with E-state index in [1.165, 1.54) is 4.90 Å². The molecule has 1 saturated heterocycles. The highest BCUT2D eigenvalue weighted by Gasteiger charge is 2.37. The number of carboxylic acids is 1. The average molecular weight is 414 g/mol. The van der Waals surface area contributed by atoms with Gasteiger partial charge in [0.25, 0.3) is 0 Å². The summed E-state index contributed by atoms with van der Waals surface area (Å²) >= 11 is 0. The van der Waals surface area contributed by atoms with E-state index in [4.69, 9.17) is 11.5 Å². The van der Waals surface area contributed by atoms with Gasteiger partial charge in [-0.05, 0) is 44.6 Å². The number of carboxylic acid groups (broad SMARTS) is 1. The van der Waals surface area contributed by atoms with Gasteiger partial charge in [0.15, 0.2) is 0 Å². The number of nitrogens with two attached hydrogens (primary N) is 2. The molecule has 0 radical (unpaired) electrons. The van der Waals surface area contributed by atoms with Gasteiger partial charge in [0.2, 0.25) is 17.7 Å². The lowest BCUT2D eigenvalue weighted by atomic mass is 9.99. The minimum atomic E-state index is -1.05. The molecule has 1 heterocycles. The molecule has 10 nitrogen and oxygen atoms in total. The number of nitrogens with one attached hydrogen (secondary N) is 2. The Balaban J connectivity index is 2.69. The second kappa shape index (κ2) is 12.4. The van der Waals surface area contributed by atoms with E-state index in [1.54, 1.807) is 0 Å². The van der Waals surface area contributed by atoms with Crippen molar-refractivity contribution in [2.45, 2.75) is 70.5 Å². The minimum absolute atomic E-state index is 0.0215. The zero-order valence-electron chi connectivity index (χ0n) is 17.4. The summed E-state index contributed by atoms with van der Waals surface area (Å²) in [5, 5.41) is 14.4. The largest absolute Gasteiger partial charge is 0.480 e. The van der Waals surface area contributed by atoms with Crippen LogP contribution in [0.2, 0.25) is 0 Å². The third-order valence-electron chi connectivity index (χ3n) is 5.38. The lowest BCUT2D eigenvalue weighted by Crippen LogP contribution is -2.54. The summed E-state index contributed by atoms with van der Waals surface area (Å²) in [6.45, 7) is 4.28. The monoisotopic (exact) mass is 413 g/mol. The van der Waals surface area contributed by atoms with Crippen LogP contribution >= 0.6 is 0 Å². The number of aliphatic carboxylic acids is 1. The zero-order valence-corrected chi connectivity index (χ0v) is 17.4. The van der Waals surface area contributed by atoms with Crippen molar-refractivity contribution in [1.29, 1.82) is 0 Å². The van der Waals surface area contributed by atoms with Gasteiger partial charge in [0.1, 0.15) is 12.1 Å². The van der Waals surface area contributed by atoms with Gasteiger partial charge >= 0.3 is 5.97 Å². The van der Waals surface area contributed by atoms with E-state index in [9.17, 15) is 24.3 Å². The smallest absolute Gasteiger partial charge is 0.326 e. The number of amides is 3. The van der Waals surface area contributed by atoms with Crippen LogP contribution in [0.3, 0.4) is 0 Å². The van der Waals surface area contributed by atoms with Crippen molar-refractivity contribution in [3.63, 3.8) is 0 Å². The van der Waals surface area contributed by atoms with Crippen LogP contribution in [0.25, 0.3) is 0 Å². The molecule has 10 heteroatoms. The fraction of sp³-hybridized carbons (Fsp3) is 0.789. The Morgan fingerprint density at radius 3 is 2.52 bits per heavy atom. The second-order valence-electron chi connectivity index (χ2n) is 7.56. The lowest BCUT2D eigenvalue weighted by Gasteiger charge is -2.27. The van der Waals surface area contributed by atoms with Crippen molar-refractivity contribution < 1.29 is 24.3 Å². The normalized spacial score (nSPS) is 19.3. The van der Waals surface area contributed by atoms with Crippen LogP contribution in [0.4, 0.5) is 0 Å². The molecule has 7 N–H and O–H groups in total. The standard InChI is InChI=1S/C19H35N5O5/c1-3-12(2)16(21)17(26)22-11-15(25)23-13(7-4-5-9-20)18(27)24-10-6-8-14(24)19(28)29/h12-14,16H,3-11,20-21H2,1-2H3,(H,22,26)(H,23,25)(H,28,29). The van der Waals surface area contributed by atoms with E-state index < -0.39 is 41.8 Å². The summed E-state index contributed by atoms with van der Waals surface area (Å²) in [4.78, 5) is 49.9. The van der Waals surface area contributed by atoms with Crippen molar-refractivity contribution in [3.05, 3.63) is 0 Å². The predicted molar refractivity (Wildman–Crippen MR) is 108 cm³/mol. The Hall–Kier alpha value is -2.20. The van der Waals surface area contributed by atoms with Crippen LogP contribution < -0.4 is 22.1 Å². The second-order valence-corrected chi connectivity index (χ2v) is 7.56. The molecule has 3 amide bonds. The van der Waals surface area contributed by atoms with Gasteiger partial charge in [-0.15, -0.1) is 0 Å². The zero-order chi connectivity index (χ0) is 22.0. The molecule has 0 aromatic rings. The fourth-order valence-electron chi connectivity index (χ4n) is 3.28. The molecule has 1 aliphatic rings. The Labute approximate surface area is 171 Å². The highest BCUT2D eigenvalue weighted by atomic mass is 16.4. The van der Waals surface area contributed by atoms with E-state index in [2.05, 4.69) is 10.6 Å². The van der Waals surface area contributed by atoms with E-state index >= 15 is 0 Å². The summed E-state index contributed by atoms with van der Waals surface area (Å²) in [7, 11) is 0. The first kappa shape index (κ1) is 24.8. The number of unbranched alkanes of at least 4 members (excludes halogenated alkanes) is 1. The minimum Gasteiger partial charge on any atom is -0.480 e. The first-order chi connectivity index (χ1) is 13.7. The van der Waals surface area contributed by atoms with E-state index in [0.29, 0.717) is 45.2 Å². The molecular weight excluding hydrogens is 378 g/mol. The third-order valence-corrected chi connectivity index (χ3v) is 5.38. The van der Waals surface area contributed by atoms with Gasteiger partial charge in [-0.2, -0.15) is 0 Å². The van der Waals surface area contributed by atoms with Gasteiger partial charge in [0.05, 0.1) is 12.6 Å². The van der Waals surface area contributed by atoms with Gasteiger partial charge in [-0.25, -0.2) is 4.79 Å². The van der Waals surface area contributed by atoms with Crippen LogP contribution in [0.15, 0.2) is 0 Å². The number of hydrogen-bond donors (Lipinski definition) is 5. The summed E-state index contributed by atoms with van der Waals surface area (Å²) in [5.41, 5.74) is 11.3. The quantitative estimate of drug-likeness (QED) is 0.260. The van der Waals surface area contributed by atoms with Gasteiger partial charge < -0.3 is 32.1 Å². The highest BCUT2D eigenvalue weighted by Crippen LogP contribution is 2.19. The SMILES string of the molecule is CCC(C)C(N)C(=O)NCC(=O)NC(CCCCN)C(=O)N1CCCC1C(=O)O. The highest BCUT2D eigenvalue weighted by molar-refractivity contribution is 5.92. The molecule has 0 aromatic carbocycles. The van der Waals surface area contributed by atoms with Crippen LogP contribution in [-0.4, -0.2) is 71.5 Å². The lowest BCUT2D eigenvalue weighted by molar-refractivity contribution is -0.149. The number of carbonyl (C=O) groups is 4. The number of nitrogens with zero attached hydrogens (tertiary/aromatic N) is 1. The number of likely N-dealkylation sites (tertiary alicyclic amines) is 1. The maximum absolute atomic E-state index is 12.9. The van der Waals surface area contributed by atoms with Crippen LogP contribution in [0.5, 0.6) is 0 Å². The van der Waals surface area contributed by atoms with Crippen molar-refractivity contribution in [2.24, 2.45) is 17.4 Å². The van der Waals surface area contributed by atoms with Crippen LogP contribution in [-0.2, 0) is 19.2 Å². The van der Waals surface area contributed by atoms with Crippen molar-refractivity contribution in [3.8, 4) is 0 Å². The summed E-state index contributed by atoms with van der Waals surface area (Å²) in [6, 6.07) is -2.44. The number of rotatable bonds is 12. The third kappa shape index (κ3) is 7.62. The van der Waals surface area contributed by atoms with E-state index in [0.717, 1.165) is 6.42 Å². The van der Waals surface area contributed by atoms with Gasteiger partial charge in [-0.3, -0.25) is 14.4 Å².